The number of nitrogens with one attached hydrogen (secondary N) is 2. The summed E-state index contributed by atoms with van der Waals surface area (Å²) in [6.07, 6.45) is 0. The maximum Gasteiger partial charge on any atom is 0.191 e. The van der Waals surface area contributed by atoms with Gasteiger partial charge in [-0.3, -0.25) is 4.99 Å². The van der Waals surface area contributed by atoms with Gasteiger partial charge in [0.2, 0.25) is 0 Å². The summed E-state index contributed by atoms with van der Waals surface area (Å²) in [5.74, 6) is 2.26. The summed E-state index contributed by atoms with van der Waals surface area (Å²) < 4.78 is 11.5. The van der Waals surface area contributed by atoms with Crippen LogP contribution in [-0.2, 0) is 13.1 Å². The number of ether oxygens (including phenoxy) is 2. The van der Waals surface area contributed by atoms with Gasteiger partial charge in [-0.25, -0.2) is 4.98 Å². The summed E-state index contributed by atoms with van der Waals surface area (Å²) in [6, 6.07) is 6.02. The van der Waals surface area contributed by atoms with Gasteiger partial charge in [-0.1, -0.05) is 19.9 Å². The van der Waals surface area contributed by atoms with Crippen molar-refractivity contribution in [1.29, 1.82) is 0 Å². The lowest BCUT2D eigenvalue weighted by atomic mass is 10.2. The van der Waals surface area contributed by atoms with Crippen molar-refractivity contribution in [3.05, 3.63) is 39.3 Å². The van der Waals surface area contributed by atoms with Crippen molar-refractivity contribution in [2.24, 2.45) is 4.99 Å². The lowest BCUT2D eigenvalue weighted by Gasteiger charge is -2.19. The van der Waals surface area contributed by atoms with Crippen LogP contribution in [0.2, 0.25) is 0 Å². The molecule has 0 fully saturated rings. The number of hydrogen-bond donors (Lipinski definition) is 2. The van der Waals surface area contributed by atoms with Crippen molar-refractivity contribution in [1.82, 2.24) is 20.5 Å². The van der Waals surface area contributed by atoms with Crippen LogP contribution >= 0.6 is 11.3 Å². The Morgan fingerprint density at radius 2 is 1.87 bits per heavy atom. The second-order valence-electron chi connectivity index (χ2n) is 6.88. The molecule has 0 aliphatic rings. The van der Waals surface area contributed by atoms with Crippen LogP contribution < -0.4 is 20.1 Å². The lowest BCUT2D eigenvalue weighted by molar-refractivity contribution is 0.217. The normalized spacial score (nSPS) is 11.6. The monoisotopic (exact) mass is 433 g/mol. The van der Waals surface area contributed by atoms with Crippen molar-refractivity contribution in [3.63, 3.8) is 0 Å². The second kappa shape index (κ2) is 12.4. The number of hydrogen-bond acceptors (Lipinski definition) is 6. The third-order valence-corrected chi connectivity index (χ3v) is 5.96. The van der Waals surface area contributed by atoms with Crippen LogP contribution in [0.4, 0.5) is 0 Å². The van der Waals surface area contributed by atoms with Gasteiger partial charge in [0.25, 0.3) is 0 Å². The van der Waals surface area contributed by atoms with Gasteiger partial charge in [-0.15, -0.1) is 11.3 Å². The highest BCUT2D eigenvalue weighted by Gasteiger charge is 2.09. The van der Waals surface area contributed by atoms with E-state index < -0.39 is 0 Å². The standard InChI is InChI=1S/C22H35N5O2S/c1-7-27(8-2)11-12-29-19-10-9-18(13-20(19)28-6)14-24-22(23-5)25-15-21-16(3)26-17(4)30-21/h9-10,13H,7-8,11-12,14-15H2,1-6H3,(H2,23,24,25). The number of aliphatic imine (C=N–C) groups is 1. The Kier molecular flexibility index (Phi) is 9.89. The van der Waals surface area contributed by atoms with Gasteiger partial charge in [0.05, 0.1) is 24.4 Å². The van der Waals surface area contributed by atoms with Crippen molar-refractivity contribution >= 4 is 17.3 Å². The molecule has 2 rings (SSSR count). The minimum Gasteiger partial charge on any atom is -0.493 e. The fraction of sp³-hybridized carbons (Fsp3) is 0.545. The Morgan fingerprint density at radius 1 is 1.13 bits per heavy atom. The summed E-state index contributed by atoms with van der Waals surface area (Å²) in [7, 11) is 3.44. The molecule has 0 aliphatic heterocycles. The number of rotatable bonds is 11. The highest BCUT2D eigenvalue weighted by atomic mass is 32.1. The molecule has 8 heteroatoms. The first-order valence-electron chi connectivity index (χ1n) is 10.4. The van der Waals surface area contributed by atoms with Gasteiger partial charge < -0.3 is 25.0 Å². The molecule has 0 saturated carbocycles. The summed E-state index contributed by atoms with van der Waals surface area (Å²) in [5.41, 5.74) is 2.16. The van der Waals surface area contributed by atoms with Crippen LogP contribution in [0.25, 0.3) is 0 Å². The number of benzene rings is 1. The van der Waals surface area contributed by atoms with Gasteiger partial charge in [-0.2, -0.15) is 0 Å². The predicted octanol–water partition coefficient (Wildman–Crippen LogP) is 3.35. The fourth-order valence-corrected chi connectivity index (χ4v) is 3.95. The fourth-order valence-electron chi connectivity index (χ4n) is 3.07. The highest BCUT2D eigenvalue weighted by Crippen LogP contribution is 2.28. The SMILES string of the molecule is CCN(CC)CCOc1ccc(CNC(=NC)NCc2sc(C)nc2C)cc1OC. The Labute approximate surface area is 184 Å². The van der Waals surface area contributed by atoms with E-state index in [1.54, 1.807) is 25.5 Å². The molecule has 0 bridgehead atoms. The Morgan fingerprint density at radius 3 is 2.47 bits per heavy atom. The molecule has 7 nitrogen and oxygen atoms in total. The Bertz CT molecular complexity index is 818. The first kappa shape index (κ1) is 24.0. The summed E-state index contributed by atoms with van der Waals surface area (Å²) >= 11 is 1.71. The third-order valence-electron chi connectivity index (χ3n) is 4.89. The number of aromatic nitrogens is 1. The van der Waals surface area contributed by atoms with Crippen LogP contribution in [0.3, 0.4) is 0 Å². The number of guanidine groups is 1. The number of nitrogens with zero attached hydrogens (tertiary/aromatic N) is 3. The van der Waals surface area contributed by atoms with Gasteiger partial charge in [0.1, 0.15) is 6.61 Å². The van der Waals surface area contributed by atoms with Gasteiger partial charge in [0.15, 0.2) is 17.5 Å². The predicted molar refractivity (Wildman–Crippen MR) is 125 cm³/mol. The van der Waals surface area contributed by atoms with E-state index in [0.29, 0.717) is 19.7 Å². The number of aryl methyl sites for hydroxylation is 2. The molecule has 1 heterocycles. The van der Waals surface area contributed by atoms with Crippen molar-refractivity contribution in [3.8, 4) is 11.5 Å². The van der Waals surface area contributed by atoms with E-state index in [1.165, 1.54) is 4.88 Å². The number of likely N-dealkylation sites (N-methyl/N-ethyl adjacent to an activating group) is 1. The van der Waals surface area contributed by atoms with E-state index in [1.807, 2.05) is 32.0 Å². The van der Waals surface area contributed by atoms with Gasteiger partial charge >= 0.3 is 0 Å². The maximum atomic E-state index is 5.94. The maximum absolute atomic E-state index is 5.94. The van der Waals surface area contributed by atoms with Crippen LogP contribution in [0, 0.1) is 13.8 Å². The van der Waals surface area contributed by atoms with E-state index in [9.17, 15) is 0 Å². The molecule has 2 N–H and O–H groups in total. The quantitative estimate of drug-likeness (QED) is 0.418. The lowest BCUT2D eigenvalue weighted by Crippen LogP contribution is -2.36. The van der Waals surface area contributed by atoms with E-state index in [4.69, 9.17) is 9.47 Å². The largest absolute Gasteiger partial charge is 0.493 e. The zero-order chi connectivity index (χ0) is 21.9. The average Bonchev–Trinajstić information content (AvgIpc) is 3.08. The molecule has 166 valence electrons. The molecule has 1 aromatic heterocycles. The van der Waals surface area contributed by atoms with Crippen LogP contribution in [0.5, 0.6) is 11.5 Å². The zero-order valence-corrected chi connectivity index (χ0v) is 19.9. The molecule has 1 aromatic carbocycles. The summed E-state index contributed by atoms with van der Waals surface area (Å²) in [6.45, 7) is 13.3. The van der Waals surface area contributed by atoms with E-state index >= 15 is 0 Å². The Hall–Kier alpha value is -2.32. The summed E-state index contributed by atoms with van der Waals surface area (Å²) in [5, 5.41) is 7.78. The topological polar surface area (TPSA) is 71.0 Å². The summed E-state index contributed by atoms with van der Waals surface area (Å²) in [4.78, 5) is 12.3. The first-order valence-corrected chi connectivity index (χ1v) is 11.2. The van der Waals surface area contributed by atoms with E-state index in [2.05, 4.69) is 39.4 Å². The smallest absolute Gasteiger partial charge is 0.191 e. The molecule has 0 aliphatic carbocycles. The minimum atomic E-state index is 0.635. The third kappa shape index (κ3) is 7.18. The molecular weight excluding hydrogens is 398 g/mol. The molecule has 0 unspecified atom stereocenters. The van der Waals surface area contributed by atoms with Gasteiger partial charge in [-0.05, 0) is 44.6 Å². The zero-order valence-electron chi connectivity index (χ0n) is 19.0. The molecule has 2 aromatic rings. The molecule has 0 atom stereocenters. The molecule has 0 saturated heterocycles. The van der Waals surface area contributed by atoms with E-state index in [-0.39, 0.29) is 0 Å². The Balaban J connectivity index is 1.88. The first-order chi connectivity index (χ1) is 14.5. The minimum absolute atomic E-state index is 0.635. The van der Waals surface area contributed by atoms with Crippen molar-refractivity contribution < 1.29 is 9.47 Å². The highest BCUT2D eigenvalue weighted by molar-refractivity contribution is 7.11. The second-order valence-corrected chi connectivity index (χ2v) is 8.17. The molecule has 30 heavy (non-hydrogen) atoms. The van der Waals surface area contributed by atoms with Crippen molar-refractivity contribution in [2.45, 2.75) is 40.8 Å². The number of methoxy groups -OCH3 is 1. The van der Waals surface area contributed by atoms with E-state index in [0.717, 1.165) is 53.4 Å². The molecular formula is C22H35N5O2S. The van der Waals surface area contributed by atoms with Crippen LogP contribution in [-0.4, -0.2) is 56.2 Å². The van der Waals surface area contributed by atoms with Crippen molar-refractivity contribution in [2.75, 3.05) is 40.4 Å². The molecule has 0 amide bonds. The number of thiazole rings is 1. The van der Waals surface area contributed by atoms with Gasteiger partial charge in [0, 0.05) is 25.0 Å². The molecule has 0 radical (unpaired) electrons. The molecule has 0 spiro atoms. The van der Waals surface area contributed by atoms with Crippen LogP contribution in [0.15, 0.2) is 23.2 Å². The average molecular weight is 434 g/mol. The van der Waals surface area contributed by atoms with Crippen LogP contribution in [0.1, 0.15) is 35.0 Å².